The summed E-state index contributed by atoms with van der Waals surface area (Å²) in [6, 6.07) is 12.7. The third kappa shape index (κ3) is 4.28. The number of para-hydroxylation sites is 2. The van der Waals surface area contributed by atoms with Gasteiger partial charge in [-0.1, -0.05) is 30.3 Å². The SMILES string of the molecule is CCOc1ccccc1NC(=O)C(C)n1cnc2sc(C)c(-c3ccc(C)c(C)c3)c2c1=O. The molecule has 0 aliphatic carbocycles. The number of aryl methyl sites for hydroxylation is 3. The summed E-state index contributed by atoms with van der Waals surface area (Å²) in [5.41, 5.74) is 4.58. The van der Waals surface area contributed by atoms with Gasteiger partial charge in [-0.25, -0.2) is 4.98 Å². The average Bonchev–Trinajstić information content (AvgIpc) is 3.13. The summed E-state index contributed by atoms with van der Waals surface area (Å²) >= 11 is 1.50. The van der Waals surface area contributed by atoms with Gasteiger partial charge in [-0.3, -0.25) is 14.2 Å². The van der Waals surface area contributed by atoms with Crippen LogP contribution >= 0.6 is 11.3 Å². The number of thiophene rings is 1. The molecule has 4 rings (SSSR count). The van der Waals surface area contributed by atoms with Crippen molar-refractivity contribution in [1.29, 1.82) is 0 Å². The zero-order chi connectivity index (χ0) is 23.7. The lowest BCUT2D eigenvalue weighted by atomic mass is 9.99. The first kappa shape index (κ1) is 22.7. The van der Waals surface area contributed by atoms with Crippen molar-refractivity contribution in [2.45, 2.75) is 40.7 Å². The van der Waals surface area contributed by atoms with Crippen LogP contribution < -0.4 is 15.6 Å². The second kappa shape index (κ2) is 9.19. The molecule has 33 heavy (non-hydrogen) atoms. The lowest BCUT2D eigenvalue weighted by Gasteiger charge is -2.17. The lowest BCUT2D eigenvalue weighted by Crippen LogP contribution is -2.31. The van der Waals surface area contributed by atoms with Crippen LogP contribution in [0.2, 0.25) is 0 Å². The Morgan fingerprint density at radius 1 is 1.15 bits per heavy atom. The van der Waals surface area contributed by atoms with Crippen LogP contribution in [-0.2, 0) is 4.79 Å². The molecule has 0 aliphatic rings. The van der Waals surface area contributed by atoms with Crippen molar-refractivity contribution in [3.8, 4) is 16.9 Å². The standard InChI is InChI=1S/C26H27N3O3S/c1-6-32-21-10-8-7-9-20(21)28-24(30)17(4)29-14-27-25-23(26(29)31)22(18(5)33-25)19-12-11-15(2)16(3)13-19/h7-14,17H,6H2,1-5H3,(H,28,30). The van der Waals surface area contributed by atoms with Gasteiger partial charge in [0.15, 0.2) is 0 Å². The number of ether oxygens (including phenoxy) is 1. The first-order valence-corrected chi connectivity index (χ1v) is 11.7. The molecule has 1 amide bonds. The van der Waals surface area contributed by atoms with Crippen LogP contribution in [0.3, 0.4) is 0 Å². The highest BCUT2D eigenvalue weighted by molar-refractivity contribution is 7.19. The van der Waals surface area contributed by atoms with Crippen LogP contribution in [0.25, 0.3) is 21.3 Å². The quantitative estimate of drug-likeness (QED) is 0.403. The van der Waals surface area contributed by atoms with Gasteiger partial charge in [0.25, 0.3) is 5.56 Å². The molecule has 1 N–H and O–H groups in total. The normalized spacial score (nSPS) is 12.0. The molecule has 0 fully saturated rings. The number of rotatable bonds is 6. The molecule has 0 saturated heterocycles. The summed E-state index contributed by atoms with van der Waals surface area (Å²) in [6.07, 6.45) is 1.46. The second-order valence-corrected chi connectivity index (χ2v) is 9.27. The Kier molecular flexibility index (Phi) is 6.33. The van der Waals surface area contributed by atoms with Crippen LogP contribution in [0.15, 0.2) is 53.6 Å². The van der Waals surface area contributed by atoms with Crippen molar-refractivity contribution < 1.29 is 9.53 Å². The van der Waals surface area contributed by atoms with E-state index in [0.717, 1.165) is 21.6 Å². The highest BCUT2D eigenvalue weighted by Crippen LogP contribution is 2.36. The molecule has 1 unspecified atom stereocenters. The molecule has 6 nitrogen and oxygen atoms in total. The fraction of sp³-hybridized carbons (Fsp3) is 0.269. The molecule has 0 spiro atoms. The number of hydrogen-bond donors (Lipinski definition) is 1. The zero-order valence-corrected chi connectivity index (χ0v) is 20.2. The molecule has 2 aromatic heterocycles. The van der Waals surface area contributed by atoms with Gasteiger partial charge < -0.3 is 10.1 Å². The van der Waals surface area contributed by atoms with Gasteiger partial charge in [0, 0.05) is 10.4 Å². The van der Waals surface area contributed by atoms with Crippen molar-refractivity contribution in [3.63, 3.8) is 0 Å². The minimum Gasteiger partial charge on any atom is -0.492 e. The van der Waals surface area contributed by atoms with E-state index in [2.05, 4.69) is 36.3 Å². The van der Waals surface area contributed by atoms with E-state index in [4.69, 9.17) is 4.74 Å². The van der Waals surface area contributed by atoms with Gasteiger partial charge in [-0.2, -0.15) is 0 Å². The number of aromatic nitrogens is 2. The third-order valence-electron chi connectivity index (χ3n) is 5.85. The Bertz CT molecular complexity index is 1400. The summed E-state index contributed by atoms with van der Waals surface area (Å²) < 4.78 is 7.00. The second-order valence-electron chi connectivity index (χ2n) is 8.06. The number of benzene rings is 2. The summed E-state index contributed by atoms with van der Waals surface area (Å²) in [5, 5.41) is 3.44. The Hall–Kier alpha value is -3.45. The highest BCUT2D eigenvalue weighted by Gasteiger charge is 2.22. The highest BCUT2D eigenvalue weighted by atomic mass is 32.1. The lowest BCUT2D eigenvalue weighted by molar-refractivity contribution is -0.118. The summed E-state index contributed by atoms with van der Waals surface area (Å²) in [6.45, 7) is 10.2. The number of nitrogens with zero attached hydrogens (tertiary/aromatic N) is 2. The summed E-state index contributed by atoms with van der Waals surface area (Å²) in [4.78, 5) is 32.9. The minimum atomic E-state index is -0.753. The van der Waals surface area contributed by atoms with E-state index in [1.807, 2.05) is 32.0 Å². The van der Waals surface area contributed by atoms with Gasteiger partial charge >= 0.3 is 0 Å². The van der Waals surface area contributed by atoms with Crippen LogP contribution in [0.4, 0.5) is 5.69 Å². The molecular weight excluding hydrogens is 434 g/mol. The number of carbonyl (C=O) groups is 1. The van der Waals surface area contributed by atoms with E-state index in [-0.39, 0.29) is 11.5 Å². The molecule has 7 heteroatoms. The predicted octanol–water partition coefficient (Wildman–Crippen LogP) is 5.65. The van der Waals surface area contributed by atoms with Gasteiger partial charge in [0.05, 0.1) is 24.0 Å². The van der Waals surface area contributed by atoms with Crippen molar-refractivity contribution in [2.75, 3.05) is 11.9 Å². The molecule has 1 atom stereocenters. The van der Waals surface area contributed by atoms with Gasteiger partial charge in [-0.05, 0) is 63.4 Å². The Balaban J connectivity index is 1.74. The maximum absolute atomic E-state index is 13.6. The Labute approximate surface area is 196 Å². The number of amides is 1. The molecule has 0 saturated carbocycles. The summed E-state index contributed by atoms with van der Waals surface area (Å²) in [5.74, 6) is 0.275. The first-order valence-electron chi connectivity index (χ1n) is 10.9. The van der Waals surface area contributed by atoms with Crippen molar-refractivity contribution in [2.24, 2.45) is 0 Å². The van der Waals surface area contributed by atoms with E-state index in [9.17, 15) is 9.59 Å². The molecule has 0 radical (unpaired) electrons. The van der Waals surface area contributed by atoms with Crippen LogP contribution in [-0.4, -0.2) is 22.1 Å². The maximum atomic E-state index is 13.6. The topological polar surface area (TPSA) is 73.2 Å². The fourth-order valence-electron chi connectivity index (χ4n) is 3.85. The molecule has 4 aromatic rings. The third-order valence-corrected chi connectivity index (χ3v) is 6.86. The number of nitrogens with one attached hydrogen (secondary N) is 1. The summed E-state index contributed by atoms with van der Waals surface area (Å²) in [7, 11) is 0. The fourth-order valence-corrected chi connectivity index (χ4v) is 4.85. The molecule has 0 bridgehead atoms. The largest absolute Gasteiger partial charge is 0.492 e. The van der Waals surface area contributed by atoms with Crippen molar-refractivity contribution >= 4 is 33.1 Å². The van der Waals surface area contributed by atoms with Crippen molar-refractivity contribution in [1.82, 2.24) is 9.55 Å². The van der Waals surface area contributed by atoms with E-state index in [1.165, 1.54) is 27.8 Å². The number of anilines is 1. The van der Waals surface area contributed by atoms with Crippen LogP contribution in [0, 0.1) is 20.8 Å². The van der Waals surface area contributed by atoms with Crippen LogP contribution in [0.5, 0.6) is 5.75 Å². The Morgan fingerprint density at radius 3 is 2.64 bits per heavy atom. The number of hydrogen-bond acceptors (Lipinski definition) is 5. The average molecular weight is 462 g/mol. The van der Waals surface area contributed by atoms with Crippen LogP contribution in [0.1, 0.15) is 35.9 Å². The van der Waals surface area contributed by atoms with Gasteiger partial charge in [-0.15, -0.1) is 11.3 Å². The van der Waals surface area contributed by atoms with Crippen molar-refractivity contribution in [3.05, 3.63) is 75.1 Å². The smallest absolute Gasteiger partial charge is 0.263 e. The molecule has 2 aromatic carbocycles. The number of carbonyl (C=O) groups excluding carboxylic acids is 1. The van der Waals surface area contributed by atoms with E-state index >= 15 is 0 Å². The number of fused-ring (bicyclic) bond motifs is 1. The zero-order valence-electron chi connectivity index (χ0n) is 19.4. The molecular formula is C26H27N3O3S. The van der Waals surface area contributed by atoms with E-state index in [1.54, 1.807) is 19.1 Å². The molecule has 170 valence electrons. The monoisotopic (exact) mass is 461 g/mol. The minimum absolute atomic E-state index is 0.224. The van der Waals surface area contributed by atoms with Gasteiger partial charge in [0.2, 0.25) is 5.91 Å². The van der Waals surface area contributed by atoms with Gasteiger partial charge in [0.1, 0.15) is 16.6 Å². The van der Waals surface area contributed by atoms with E-state index < -0.39 is 6.04 Å². The first-order chi connectivity index (χ1) is 15.8. The van der Waals surface area contributed by atoms with E-state index in [0.29, 0.717) is 28.3 Å². The molecule has 0 aliphatic heterocycles. The molecule has 2 heterocycles. The predicted molar refractivity (Wildman–Crippen MR) is 134 cm³/mol. The Morgan fingerprint density at radius 2 is 1.91 bits per heavy atom. The maximum Gasteiger partial charge on any atom is 0.263 e.